The van der Waals surface area contributed by atoms with Gasteiger partial charge in [0, 0.05) is 43.1 Å². The van der Waals surface area contributed by atoms with Gasteiger partial charge in [-0.2, -0.15) is 0 Å². The Morgan fingerprint density at radius 2 is 1.50 bits per heavy atom. The summed E-state index contributed by atoms with van der Waals surface area (Å²) in [5.41, 5.74) is 3.13. The summed E-state index contributed by atoms with van der Waals surface area (Å²) in [6.45, 7) is 6.53. The fraction of sp³-hybridized carbons (Fsp3) is 0.292. The maximum Gasteiger partial charge on any atom is 0.323 e. The van der Waals surface area contributed by atoms with Crippen molar-refractivity contribution in [1.29, 1.82) is 0 Å². The molecule has 3 aromatic rings. The van der Waals surface area contributed by atoms with Gasteiger partial charge in [0.1, 0.15) is 5.75 Å². The van der Waals surface area contributed by atoms with E-state index in [0.29, 0.717) is 18.0 Å². The van der Waals surface area contributed by atoms with E-state index in [9.17, 15) is 4.79 Å². The fourth-order valence-corrected chi connectivity index (χ4v) is 3.50. The number of nitrogens with zero attached hydrogens (tertiary/aromatic N) is 4. The predicted molar refractivity (Wildman–Crippen MR) is 127 cm³/mol. The average Bonchev–Trinajstić information content (AvgIpc) is 2.82. The van der Waals surface area contributed by atoms with E-state index in [1.807, 2.05) is 55.5 Å². The number of rotatable bonds is 6. The summed E-state index contributed by atoms with van der Waals surface area (Å²) in [6.07, 6.45) is 0. The third-order valence-corrected chi connectivity index (χ3v) is 5.34. The van der Waals surface area contributed by atoms with Gasteiger partial charge in [-0.3, -0.25) is 0 Å². The van der Waals surface area contributed by atoms with E-state index < -0.39 is 0 Å². The van der Waals surface area contributed by atoms with Crippen molar-refractivity contribution in [2.24, 2.45) is 0 Å². The molecule has 1 aromatic heterocycles. The number of anilines is 3. The first kappa shape index (κ1) is 21.6. The van der Waals surface area contributed by atoms with Gasteiger partial charge in [0.25, 0.3) is 0 Å². The molecule has 8 nitrogen and oxygen atoms in total. The van der Waals surface area contributed by atoms with E-state index >= 15 is 0 Å². The van der Waals surface area contributed by atoms with Gasteiger partial charge < -0.3 is 25.2 Å². The summed E-state index contributed by atoms with van der Waals surface area (Å²) in [7, 11) is 2.13. The van der Waals surface area contributed by atoms with Crippen molar-refractivity contribution < 1.29 is 9.53 Å². The topological polar surface area (TPSA) is 82.6 Å². The van der Waals surface area contributed by atoms with Gasteiger partial charge in [-0.25, -0.2) is 4.79 Å². The van der Waals surface area contributed by atoms with Crippen LogP contribution in [0.3, 0.4) is 0 Å². The number of likely N-dealkylation sites (N-methyl/N-ethyl adjacent to an activating group) is 1. The second-order valence-electron chi connectivity index (χ2n) is 7.68. The molecule has 8 heteroatoms. The van der Waals surface area contributed by atoms with E-state index in [-0.39, 0.29) is 6.03 Å². The highest BCUT2D eigenvalue weighted by Crippen LogP contribution is 2.22. The lowest BCUT2D eigenvalue weighted by atomic mass is 10.1. The van der Waals surface area contributed by atoms with Crippen LogP contribution in [0, 0.1) is 0 Å². The Morgan fingerprint density at radius 3 is 2.06 bits per heavy atom. The molecule has 2 amide bonds. The second kappa shape index (κ2) is 10.1. The van der Waals surface area contributed by atoms with Crippen LogP contribution < -0.4 is 20.3 Å². The summed E-state index contributed by atoms with van der Waals surface area (Å²) >= 11 is 0. The molecule has 1 aliphatic rings. The second-order valence-corrected chi connectivity index (χ2v) is 7.68. The van der Waals surface area contributed by atoms with Gasteiger partial charge >= 0.3 is 6.03 Å². The Balaban J connectivity index is 1.33. The Labute approximate surface area is 188 Å². The van der Waals surface area contributed by atoms with Crippen molar-refractivity contribution in [3.05, 3.63) is 60.7 Å². The van der Waals surface area contributed by atoms with Crippen molar-refractivity contribution >= 4 is 23.2 Å². The minimum absolute atomic E-state index is 0.307. The maximum absolute atomic E-state index is 12.3. The van der Waals surface area contributed by atoms with Crippen LogP contribution in [-0.2, 0) is 0 Å². The fourth-order valence-electron chi connectivity index (χ4n) is 3.50. The van der Waals surface area contributed by atoms with E-state index in [1.54, 1.807) is 12.1 Å². The number of hydrogen-bond donors (Lipinski definition) is 2. The highest BCUT2D eigenvalue weighted by Gasteiger charge is 2.15. The van der Waals surface area contributed by atoms with Gasteiger partial charge in [0.2, 0.25) is 0 Å². The highest BCUT2D eigenvalue weighted by atomic mass is 16.5. The van der Waals surface area contributed by atoms with Crippen LogP contribution in [0.25, 0.3) is 11.3 Å². The number of urea groups is 1. The van der Waals surface area contributed by atoms with Crippen molar-refractivity contribution in [2.75, 3.05) is 55.4 Å². The highest BCUT2D eigenvalue weighted by molar-refractivity contribution is 5.99. The third-order valence-electron chi connectivity index (χ3n) is 5.34. The first-order chi connectivity index (χ1) is 15.6. The molecule has 0 atom stereocenters. The molecule has 0 aliphatic carbocycles. The number of amides is 2. The normalized spacial score (nSPS) is 14.1. The Bertz CT molecular complexity index is 1010. The molecule has 4 rings (SSSR count). The number of carbonyl (C=O) groups excluding carboxylic acids is 1. The molecule has 0 saturated carbocycles. The molecule has 0 spiro atoms. The van der Waals surface area contributed by atoms with Crippen LogP contribution in [0.1, 0.15) is 6.92 Å². The number of aromatic nitrogens is 2. The van der Waals surface area contributed by atoms with Gasteiger partial charge in [-0.05, 0) is 62.5 Å². The van der Waals surface area contributed by atoms with Crippen molar-refractivity contribution in [2.45, 2.75) is 6.92 Å². The zero-order valence-corrected chi connectivity index (χ0v) is 18.4. The van der Waals surface area contributed by atoms with Crippen LogP contribution in [0.5, 0.6) is 5.75 Å². The number of benzene rings is 2. The molecule has 2 aromatic carbocycles. The van der Waals surface area contributed by atoms with E-state index in [0.717, 1.165) is 49.0 Å². The predicted octanol–water partition coefficient (Wildman–Crippen LogP) is 3.94. The van der Waals surface area contributed by atoms with Crippen LogP contribution in [0.4, 0.5) is 22.0 Å². The minimum atomic E-state index is -0.307. The SMILES string of the molecule is CCOc1ccc(NC(=O)Nc2ccc(-c3ccc(N4CCN(C)CC4)nn3)cc2)cc1. The largest absolute Gasteiger partial charge is 0.494 e. The molecule has 1 aliphatic heterocycles. The van der Waals surface area contributed by atoms with E-state index in [4.69, 9.17) is 4.74 Å². The minimum Gasteiger partial charge on any atom is -0.494 e. The van der Waals surface area contributed by atoms with Gasteiger partial charge in [-0.15, -0.1) is 10.2 Å². The molecular weight excluding hydrogens is 404 g/mol. The molecule has 32 heavy (non-hydrogen) atoms. The van der Waals surface area contributed by atoms with Crippen molar-refractivity contribution in [3.63, 3.8) is 0 Å². The molecule has 0 radical (unpaired) electrons. The lowest BCUT2D eigenvalue weighted by molar-refractivity contribution is 0.262. The van der Waals surface area contributed by atoms with Gasteiger partial charge in [0.05, 0.1) is 12.3 Å². The summed E-state index contributed by atoms with van der Waals surface area (Å²) in [5.74, 6) is 1.68. The van der Waals surface area contributed by atoms with Crippen LogP contribution in [0.2, 0.25) is 0 Å². The molecule has 1 fully saturated rings. The van der Waals surface area contributed by atoms with E-state index in [1.165, 1.54) is 0 Å². The van der Waals surface area contributed by atoms with Gasteiger partial charge in [0.15, 0.2) is 5.82 Å². The molecule has 0 unspecified atom stereocenters. The zero-order chi connectivity index (χ0) is 22.3. The average molecular weight is 433 g/mol. The summed E-state index contributed by atoms with van der Waals surface area (Å²) < 4.78 is 5.41. The van der Waals surface area contributed by atoms with Crippen LogP contribution in [-0.4, -0.2) is 61.0 Å². The van der Waals surface area contributed by atoms with E-state index in [2.05, 4.69) is 37.7 Å². The number of ether oxygens (including phenoxy) is 1. The lowest BCUT2D eigenvalue weighted by Crippen LogP contribution is -2.44. The molecular formula is C24H28N6O2. The standard InChI is InChI=1S/C24H28N6O2/c1-3-32-21-10-8-20(9-11-21)26-24(31)25-19-6-4-18(5-7-19)22-12-13-23(28-27-22)30-16-14-29(2)15-17-30/h4-13H,3,14-17H2,1-2H3,(H2,25,26,31). The molecule has 2 N–H and O–H groups in total. The van der Waals surface area contributed by atoms with Crippen LogP contribution >= 0.6 is 0 Å². The van der Waals surface area contributed by atoms with Crippen molar-refractivity contribution in [3.8, 4) is 17.0 Å². The monoisotopic (exact) mass is 432 g/mol. The van der Waals surface area contributed by atoms with Crippen molar-refractivity contribution in [1.82, 2.24) is 15.1 Å². The quantitative estimate of drug-likeness (QED) is 0.614. The zero-order valence-electron chi connectivity index (χ0n) is 18.4. The number of hydrogen-bond acceptors (Lipinski definition) is 6. The Morgan fingerprint density at radius 1 is 0.875 bits per heavy atom. The smallest absolute Gasteiger partial charge is 0.323 e. The first-order valence-electron chi connectivity index (χ1n) is 10.8. The third kappa shape index (κ3) is 5.53. The molecule has 0 bridgehead atoms. The number of piperazine rings is 1. The molecule has 166 valence electrons. The maximum atomic E-state index is 12.3. The van der Waals surface area contributed by atoms with Gasteiger partial charge in [-0.1, -0.05) is 12.1 Å². The summed E-state index contributed by atoms with van der Waals surface area (Å²) in [4.78, 5) is 16.8. The Hall–Kier alpha value is -3.65. The molecule has 2 heterocycles. The number of nitrogens with one attached hydrogen (secondary N) is 2. The number of carbonyl (C=O) groups is 1. The lowest BCUT2D eigenvalue weighted by Gasteiger charge is -2.32. The molecule has 1 saturated heterocycles. The first-order valence-corrected chi connectivity index (χ1v) is 10.8. The summed E-state index contributed by atoms with van der Waals surface area (Å²) in [6, 6.07) is 18.5. The Kier molecular flexibility index (Phi) is 6.81. The van der Waals surface area contributed by atoms with Crippen LogP contribution in [0.15, 0.2) is 60.7 Å². The summed E-state index contributed by atoms with van der Waals surface area (Å²) in [5, 5.41) is 14.4.